The van der Waals surface area contributed by atoms with Crippen LogP contribution in [0.15, 0.2) is 28.7 Å². The van der Waals surface area contributed by atoms with Gasteiger partial charge in [0.1, 0.15) is 4.21 Å². The molecule has 1 fully saturated rings. The molecule has 1 N–H and O–H groups in total. The van der Waals surface area contributed by atoms with Crippen molar-refractivity contribution in [3.05, 3.63) is 28.9 Å². The van der Waals surface area contributed by atoms with Gasteiger partial charge in [0.05, 0.1) is 22.4 Å². The van der Waals surface area contributed by atoms with Gasteiger partial charge in [-0.15, -0.1) is 11.3 Å². The quantitative estimate of drug-likeness (QED) is 0.909. The SMILES string of the molecule is O=S(=O)(Nc1cnc(N2CCCCC2)nc1)c1ccc(Cl)s1. The minimum absolute atomic E-state index is 0.164. The Morgan fingerprint density at radius 3 is 2.41 bits per heavy atom. The lowest BCUT2D eigenvalue weighted by Gasteiger charge is -2.26. The number of piperidine rings is 1. The number of nitrogens with one attached hydrogen (secondary N) is 1. The van der Waals surface area contributed by atoms with E-state index < -0.39 is 10.0 Å². The lowest BCUT2D eigenvalue weighted by Crippen LogP contribution is -2.30. The zero-order valence-electron chi connectivity index (χ0n) is 11.7. The van der Waals surface area contributed by atoms with Crippen molar-refractivity contribution in [3.8, 4) is 0 Å². The third kappa shape index (κ3) is 3.50. The Labute approximate surface area is 138 Å². The molecule has 0 spiro atoms. The first-order valence-corrected chi connectivity index (χ1v) is 9.57. The zero-order chi connectivity index (χ0) is 15.6. The average Bonchev–Trinajstić information content (AvgIpc) is 2.96. The molecule has 0 radical (unpaired) electrons. The number of thiophene rings is 1. The standard InChI is InChI=1S/C13H15ClN4O2S2/c14-11-4-5-12(21-11)22(19,20)17-10-8-15-13(16-9-10)18-6-2-1-3-7-18/h4-5,8-9,17H,1-3,6-7H2. The van der Waals surface area contributed by atoms with Gasteiger partial charge in [0.2, 0.25) is 5.95 Å². The highest BCUT2D eigenvalue weighted by atomic mass is 35.5. The average molecular weight is 359 g/mol. The van der Waals surface area contributed by atoms with Gasteiger partial charge in [0.25, 0.3) is 10.0 Å². The van der Waals surface area contributed by atoms with Crippen molar-refractivity contribution < 1.29 is 8.42 Å². The van der Waals surface area contributed by atoms with Crippen molar-refractivity contribution in [2.24, 2.45) is 0 Å². The summed E-state index contributed by atoms with van der Waals surface area (Å²) in [6.07, 6.45) is 6.49. The molecule has 0 aromatic carbocycles. The third-order valence-electron chi connectivity index (χ3n) is 3.34. The van der Waals surface area contributed by atoms with Gasteiger partial charge in [-0.05, 0) is 31.4 Å². The fourth-order valence-electron chi connectivity index (χ4n) is 2.28. The summed E-state index contributed by atoms with van der Waals surface area (Å²) in [5.74, 6) is 0.641. The van der Waals surface area contributed by atoms with Gasteiger partial charge >= 0.3 is 0 Å². The van der Waals surface area contributed by atoms with Crippen LogP contribution in [0.3, 0.4) is 0 Å². The molecule has 0 saturated carbocycles. The number of hydrogen-bond donors (Lipinski definition) is 1. The highest BCUT2D eigenvalue weighted by molar-refractivity contribution is 7.94. The largest absolute Gasteiger partial charge is 0.341 e. The van der Waals surface area contributed by atoms with E-state index in [1.54, 1.807) is 6.07 Å². The van der Waals surface area contributed by atoms with Crippen LogP contribution in [0.1, 0.15) is 19.3 Å². The van der Waals surface area contributed by atoms with Gasteiger partial charge in [-0.3, -0.25) is 4.72 Å². The monoisotopic (exact) mass is 358 g/mol. The second-order valence-electron chi connectivity index (χ2n) is 4.98. The molecule has 1 saturated heterocycles. The van der Waals surface area contributed by atoms with Crippen molar-refractivity contribution in [2.45, 2.75) is 23.5 Å². The lowest BCUT2D eigenvalue weighted by molar-refractivity contribution is 0.568. The summed E-state index contributed by atoms with van der Waals surface area (Å²) >= 11 is 6.78. The van der Waals surface area contributed by atoms with E-state index in [-0.39, 0.29) is 4.21 Å². The number of halogens is 1. The molecule has 2 aromatic heterocycles. The van der Waals surface area contributed by atoms with E-state index in [4.69, 9.17) is 11.6 Å². The lowest BCUT2D eigenvalue weighted by atomic mass is 10.1. The Morgan fingerprint density at radius 1 is 1.14 bits per heavy atom. The minimum atomic E-state index is -3.64. The van der Waals surface area contributed by atoms with Crippen LogP contribution in [0.2, 0.25) is 4.34 Å². The summed E-state index contributed by atoms with van der Waals surface area (Å²) < 4.78 is 27.4. The van der Waals surface area contributed by atoms with Gasteiger partial charge in [-0.25, -0.2) is 18.4 Å². The molecule has 118 valence electrons. The van der Waals surface area contributed by atoms with E-state index in [0.717, 1.165) is 37.3 Å². The maximum Gasteiger partial charge on any atom is 0.271 e. The summed E-state index contributed by atoms with van der Waals surface area (Å²) in [7, 11) is -3.64. The smallest absolute Gasteiger partial charge is 0.271 e. The molecule has 0 aliphatic carbocycles. The predicted octanol–water partition coefficient (Wildman–Crippen LogP) is 2.98. The molecule has 6 nitrogen and oxygen atoms in total. The number of rotatable bonds is 4. The topological polar surface area (TPSA) is 75.2 Å². The van der Waals surface area contributed by atoms with E-state index in [2.05, 4.69) is 19.6 Å². The fraction of sp³-hybridized carbons (Fsp3) is 0.385. The number of aromatic nitrogens is 2. The second kappa shape index (κ2) is 6.39. The summed E-state index contributed by atoms with van der Waals surface area (Å²) in [6, 6.07) is 3.02. The zero-order valence-corrected chi connectivity index (χ0v) is 14.1. The van der Waals surface area contributed by atoms with Crippen LogP contribution in [0.5, 0.6) is 0 Å². The molecule has 3 heterocycles. The van der Waals surface area contributed by atoms with E-state index in [0.29, 0.717) is 16.0 Å². The van der Waals surface area contributed by atoms with Crippen LogP contribution in [-0.2, 0) is 10.0 Å². The summed E-state index contributed by atoms with van der Waals surface area (Å²) in [6.45, 7) is 1.89. The second-order valence-corrected chi connectivity index (χ2v) is 8.61. The minimum Gasteiger partial charge on any atom is -0.341 e. The molecule has 0 atom stereocenters. The Morgan fingerprint density at radius 2 is 1.82 bits per heavy atom. The van der Waals surface area contributed by atoms with E-state index in [1.165, 1.54) is 24.9 Å². The van der Waals surface area contributed by atoms with Crippen LogP contribution < -0.4 is 9.62 Å². The molecular formula is C13H15ClN4O2S2. The molecule has 0 bridgehead atoms. The molecule has 0 unspecified atom stereocenters. The molecule has 0 amide bonds. The Balaban J connectivity index is 1.73. The Kier molecular flexibility index (Phi) is 4.51. The number of nitrogens with zero attached hydrogens (tertiary/aromatic N) is 3. The van der Waals surface area contributed by atoms with Crippen molar-refractivity contribution in [1.82, 2.24) is 9.97 Å². The van der Waals surface area contributed by atoms with Gasteiger partial charge in [-0.1, -0.05) is 11.6 Å². The normalized spacial score (nSPS) is 15.8. The van der Waals surface area contributed by atoms with Crippen molar-refractivity contribution >= 4 is 44.6 Å². The third-order valence-corrected chi connectivity index (χ3v) is 6.45. The number of sulfonamides is 1. The maximum atomic E-state index is 12.2. The molecule has 1 aliphatic rings. The number of hydrogen-bond acceptors (Lipinski definition) is 6. The van der Waals surface area contributed by atoms with Gasteiger partial charge in [0.15, 0.2) is 0 Å². The molecule has 2 aromatic rings. The van der Waals surface area contributed by atoms with Crippen LogP contribution in [0.4, 0.5) is 11.6 Å². The van der Waals surface area contributed by atoms with Gasteiger partial charge in [-0.2, -0.15) is 0 Å². The number of anilines is 2. The van der Waals surface area contributed by atoms with Crippen molar-refractivity contribution in [2.75, 3.05) is 22.7 Å². The Bertz CT molecular complexity index is 740. The summed E-state index contributed by atoms with van der Waals surface area (Å²) in [5.41, 5.74) is 0.338. The maximum absolute atomic E-state index is 12.2. The molecule has 3 rings (SSSR count). The first kappa shape index (κ1) is 15.5. The molecule has 1 aliphatic heterocycles. The molecular weight excluding hydrogens is 344 g/mol. The highest BCUT2D eigenvalue weighted by Crippen LogP contribution is 2.27. The van der Waals surface area contributed by atoms with Gasteiger partial charge < -0.3 is 4.90 Å². The van der Waals surface area contributed by atoms with E-state index in [1.807, 2.05) is 0 Å². The van der Waals surface area contributed by atoms with Crippen LogP contribution in [0.25, 0.3) is 0 Å². The summed E-state index contributed by atoms with van der Waals surface area (Å²) in [5, 5.41) is 0. The van der Waals surface area contributed by atoms with Crippen LogP contribution in [0, 0.1) is 0 Å². The first-order valence-electron chi connectivity index (χ1n) is 6.90. The van der Waals surface area contributed by atoms with Crippen LogP contribution >= 0.6 is 22.9 Å². The summed E-state index contributed by atoms with van der Waals surface area (Å²) in [4.78, 5) is 10.6. The van der Waals surface area contributed by atoms with Crippen molar-refractivity contribution in [3.63, 3.8) is 0 Å². The van der Waals surface area contributed by atoms with E-state index >= 15 is 0 Å². The molecule has 22 heavy (non-hydrogen) atoms. The van der Waals surface area contributed by atoms with Crippen LogP contribution in [-0.4, -0.2) is 31.5 Å². The highest BCUT2D eigenvalue weighted by Gasteiger charge is 2.18. The fourth-order valence-corrected chi connectivity index (χ4v) is 4.79. The predicted molar refractivity (Wildman–Crippen MR) is 88.2 cm³/mol. The first-order chi connectivity index (χ1) is 10.5. The van der Waals surface area contributed by atoms with Crippen molar-refractivity contribution in [1.29, 1.82) is 0 Å². The molecule has 9 heteroatoms. The van der Waals surface area contributed by atoms with E-state index in [9.17, 15) is 8.42 Å². The van der Waals surface area contributed by atoms with Gasteiger partial charge in [0, 0.05) is 13.1 Å². The Hall–Kier alpha value is -1.38.